The van der Waals surface area contributed by atoms with E-state index in [4.69, 9.17) is 5.11 Å². The van der Waals surface area contributed by atoms with Crippen molar-refractivity contribution < 1.29 is 41.4 Å². The van der Waals surface area contributed by atoms with Gasteiger partial charge in [0.25, 0.3) is 0 Å². The number of hydrogen-bond acceptors (Lipinski definition) is 3. The maximum absolute atomic E-state index is 12.1. The summed E-state index contributed by atoms with van der Waals surface area (Å²) in [7, 11) is 0. The lowest BCUT2D eigenvalue weighted by Gasteiger charge is -2.18. The molecule has 0 aromatic carbocycles. The van der Waals surface area contributed by atoms with Gasteiger partial charge in [-0.2, -0.15) is 22.0 Å². The van der Waals surface area contributed by atoms with Gasteiger partial charge in [-0.3, -0.25) is 0 Å². The lowest BCUT2D eigenvalue weighted by atomic mass is 10.3. The number of aliphatic carboxylic acids is 1. The second kappa shape index (κ2) is 4.90. The Morgan fingerprint density at radius 1 is 1.12 bits per heavy atom. The van der Waals surface area contributed by atoms with E-state index < -0.39 is 30.6 Å². The van der Waals surface area contributed by atoms with E-state index in [9.17, 15) is 31.5 Å². The number of alkyl halides is 5. The minimum atomic E-state index is -5.83. The van der Waals surface area contributed by atoms with E-state index >= 15 is 0 Å². The number of esters is 1. The molecule has 0 aromatic heterocycles. The van der Waals surface area contributed by atoms with Crippen molar-refractivity contribution >= 4 is 11.9 Å². The molecule has 0 aliphatic heterocycles. The number of halogens is 5. The molecule has 0 amide bonds. The van der Waals surface area contributed by atoms with Gasteiger partial charge in [-0.25, -0.2) is 9.59 Å². The Balaban J connectivity index is 4.26. The maximum Gasteiger partial charge on any atom is 0.456 e. The van der Waals surface area contributed by atoms with Crippen molar-refractivity contribution in [2.45, 2.75) is 12.1 Å². The number of rotatable bonds is 4. The van der Waals surface area contributed by atoms with E-state index in [2.05, 4.69) is 4.74 Å². The molecule has 0 saturated carbocycles. The van der Waals surface area contributed by atoms with E-state index in [1.807, 2.05) is 0 Å². The summed E-state index contributed by atoms with van der Waals surface area (Å²) >= 11 is 0. The highest BCUT2D eigenvalue weighted by molar-refractivity contribution is 5.90. The van der Waals surface area contributed by atoms with Gasteiger partial charge in [-0.15, -0.1) is 0 Å². The van der Waals surface area contributed by atoms with Crippen LogP contribution < -0.4 is 0 Å². The number of carboxylic acids is 1. The summed E-state index contributed by atoms with van der Waals surface area (Å²) < 4.78 is 62.5. The highest BCUT2D eigenvalue weighted by Crippen LogP contribution is 2.35. The third-order valence-corrected chi connectivity index (χ3v) is 1.17. The molecule has 9 heteroatoms. The molecular formula is C7H5F5O4. The summed E-state index contributed by atoms with van der Waals surface area (Å²) in [6.45, 7) is -2.20. The Kier molecular flexibility index (Phi) is 4.39. The first kappa shape index (κ1) is 14.3. The van der Waals surface area contributed by atoms with Crippen LogP contribution >= 0.6 is 0 Å². The molecule has 0 saturated heterocycles. The highest BCUT2D eigenvalue weighted by atomic mass is 19.4. The van der Waals surface area contributed by atoms with E-state index in [1.54, 1.807) is 0 Å². The Hall–Kier alpha value is -1.67. The van der Waals surface area contributed by atoms with Crippen LogP contribution in [-0.4, -0.2) is 35.8 Å². The largest absolute Gasteiger partial charge is 0.478 e. The van der Waals surface area contributed by atoms with Crippen LogP contribution in [0.15, 0.2) is 12.2 Å². The molecule has 92 valence electrons. The lowest BCUT2D eigenvalue weighted by Crippen LogP contribution is -2.41. The van der Waals surface area contributed by atoms with Gasteiger partial charge in [0.15, 0.2) is 6.61 Å². The average Bonchev–Trinajstić information content (AvgIpc) is 2.09. The highest BCUT2D eigenvalue weighted by Gasteiger charge is 2.58. The van der Waals surface area contributed by atoms with E-state index in [0.717, 1.165) is 0 Å². The van der Waals surface area contributed by atoms with Gasteiger partial charge in [0.2, 0.25) is 0 Å². The van der Waals surface area contributed by atoms with Gasteiger partial charge in [0, 0.05) is 12.2 Å². The second-order valence-electron chi connectivity index (χ2n) is 2.48. The monoisotopic (exact) mass is 248 g/mol. The Bertz CT molecular complexity index is 306. The minimum Gasteiger partial charge on any atom is -0.478 e. The van der Waals surface area contributed by atoms with Crippen LogP contribution in [0.2, 0.25) is 0 Å². The van der Waals surface area contributed by atoms with Crippen LogP contribution in [0, 0.1) is 0 Å². The smallest absolute Gasteiger partial charge is 0.456 e. The van der Waals surface area contributed by atoms with Crippen LogP contribution in [-0.2, 0) is 14.3 Å². The SMILES string of the molecule is O=C(O)/C=C\C(=O)OCC(F)(F)C(F)(F)F. The minimum absolute atomic E-state index is 0.217. The van der Waals surface area contributed by atoms with E-state index in [0.29, 0.717) is 0 Å². The summed E-state index contributed by atoms with van der Waals surface area (Å²) in [5.74, 6) is -8.34. The molecule has 0 bridgehead atoms. The van der Waals surface area contributed by atoms with Gasteiger partial charge in [-0.1, -0.05) is 0 Å². The van der Waals surface area contributed by atoms with Crippen LogP contribution in [0.3, 0.4) is 0 Å². The molecule has 1 N–H and O–H groups in total. The molecule has 0 spiro atoms. The quantitative estimate of drug-likeness (QED) is 0.463. The first-order chi connectivity index (χ1) is 7.06. The van der Waals surface area contributed by atoms with Gasteiger partial charge < -0.3 is 9.84 Å². The zero-order valence-electron chi connectivity index (χ0n) is 7.42. The molecule has 0 atom stereocenters. The molecule has 0 aliphatic carbocycles. The zero-order valence-corrected chi connectivity index (χ0v) is 7.42. The lowest BCUT2D eigenvalue weighted by molar-refractivity contribution is -0.293. The summed E-state index contributed by atoms with van der Waals surface area (Å²) in [6, 6.07) is 0. The van der Waals surface area contributed by atoms with Gasteiger partial charge >= 0.3 is 24.0 Å². The molecule has 0 rings (SSSR count). The van der Waals surface area contributed by atoms with Crippen molar-refractivity contribution in [1.29, 1.82) is 0 Å². The summed E-state index contributed by atoms with van der Waals surface area (Å²) in [4.78, 5) is 20.3. The number of carbonyl (C=O) groups excluding carboxylic acids is 1. The molecule has 0 aromatic rings. The van der Waals surface area contributed by atoms with Gasteiger partial charge in [0.1, 0.15) is 0 Å². The van der Waals surface area contributed by atoms with Crippen molar-refractivity contribution in [3.8, 4) is 0 Å². The maximum atomic E-state index is 12.1. The fourth-order valence-electron chi connectivity index (χ4n) is 0.431. The first-order valence-corrected chi connectivity index (χ1v) is 3.58. The van der Waals surface area contributed by atoms with Crippen molar-refractivity contribution in [2.75, 3.05) is 6.61 Å². The predicted octanol–water partition coefficient (Wildman–Crippen LogP) is 1.37. The van der Waals surface area contributed by atoms with Crippen molar-refractivity contribution in [3.05, 3.63) is 12.2 Å². The summed E-state index contributed by atoms with van der Waals surface area (Å²) in [5, 5.41) is 8.00. The van der Waals surface area contributed by atoms with Crippen molar-refractivity contribution in [2.24, 2.45) is 0 Å². The second-order valence-corrected chi connectivity index (χ2v) is 2.48. The number of carbonyl (C=O) groups is 2. The molecule has 0 fully saturated rings. The topological polar surface area (TPSA) is 63.6 Å². The van der Waals surface area contributed by atoms with Crippen LogP contribution in [0.1, 0.15) is 0 Å². The fourth-order valence-corrected chi connectivity index (χ4v) is 0.431. The third-order valence-electron chi connectivity index (χ3n) is 1.17. The van der Waals surface area contributed by atoms with Crippen molar-refractivity contribution in [1.82, 2.24) is 0 Å². The molecule has 16 heavy (non-hydrogen) atoms. The summed E-state index contributed by atoms with van der Waals surface area (Å²) in [6.07, 6.45) is -5.37. The van der Waals surface area contributed by atoms with Gasteiger partial charge in [0.05, 0.1) is 0 Å². The Morgan fingerprint density at radius 3 is 2.00 bits per heavy atom. The molecule has 4 nitrogen and oxygen atoms in total. The van der Waals surface area contributed by atoms with E-state index in [1.165, 1.54) is 0 Å². The van der Waals surface area contributed by atoms with Crippen LogP contribution in [0.25, 0.3) is 0 Å². The molecule has 0 heterocycles. The number of hydrogen-bond donors (Lipinski definition) is 1. The standard InChI is InChI=1S/C7H5F5O4/c8-6(9,7(10,11)12)3-16-5(15)2-1-4(13)14/h1-2H,3H2,(H,13,14)/b2-1-. The number of carboxylic acid groups (broad SMARTS) is 1. The fraction of sp³-hybridized carbons (Fsp3) is 0.429. The van der Waals surface area contributed by atoms with Crippen molar-refractivity contribution in [3.63, 3.8) is 0 Å². The number of ether oxygens (including phenoxy) is 1. The van der Waals surface area contributed by atoms with Gasteiger partial charge in [-0.05, 0) is 0 Å². The Morgan fingerprint density at radius 2 is 1.62 bits per heavy atom. The summed E-state index contributed by atoms with van der Waals surface area (Å²) in [5.41, 5.74) is 0. The third kappa shape index (κ3) is 4.71. The van der Waals surface area contributed by atoms with Crippen LogP contribution in [0.4, 0.5) is 22.0 Å². The average molecular weight is 248 g/mol. The molecule has 0 radical (unpaired) electrons. The van der Waals surface area contributed by atoms with Crippen LogP contribution in [0.5, 0.6) is 0 Å². The first-order valence-electron chi connectivity index (χ1n) is 3.58. The predicted molar refractivity (Wildman–Crippen MR) is 38.7 cm³/mol. The zero-order chi connectivity index (χ0) is 13.0. The van der Waals surface area contributed by atoms with E-state index in [-0.39, 0.29) is 12.2 Å². The Labute approximate surface area is 85.3 Å². The molecule has 0 aliphatic rings. The molecule has 0 unspecified atom stereocenters. The molecular weight excluding hydrogens is 243 g/mol. The normalized spacial score (nSPS) is 12.8.